The summed E-state index contributed by atoms with van der Waals surface area (Å²) >= 11 is 4.23. The Hall–Kier alpha value is -1.73. The molecule has 0 radical (unpaired) electrons. The lowest BCUT2D eigenvalue weighted by Gasteiger charge is -2.04. The Bertz CT molecular complexity index is 654. The summed E-state index contributed by atoms with van der Waals surface area (Å²) in [6.07, 6.45) is 0. The minimum atomic E-state index is -1.10. The van der Waals surface area contributed by atoms with Crippen LogP contribution in [0.25, 0.3) is 0 Å². The minimum absolute atomic E-state index is 0.0355. The fourth-order valence-electron chi connectivity index (χ4n) is 1.51. The van der Waals surface area contributed by atoms with Crippen molar-refractivity contribution < 1.29 is 14.7 Å². The summed E-state index contributed by atoms with van der Waals surface area (Å²) in [6, 6.07) is 6.84. The number of aryl methyl sites for hydroxylation is 1. The highest BCUT2D eigenvalue weighted by atomic mass is 79.9. The lowest BCUT2D eigenvalue weighted by molar-refractivity contribution is 0.0697. The van der Waals surface area contributed by atoms with Crippen LogP contribution < -0.4 is 5.32 Å². The van der Waals surface area contributed by atoms with Crippen molar-refractivity contribution in [3.8, 4) is 0 Å². The van der Waals surface area contributed by atoms with Crippen LogP contribution in [0.3, 0.4) is 0 Å². The fraction of sp³-hybridized carbons (Fsp3) is 0.0833. The van der Waals surface area contributed by atoms with Crippen LogP contribution in [-0.4, -0.2) is 21.4 Å². The summed E-state index contributed by atoms with van der Waals surface area (Å²) in [4.78, 5) is 23.1. The highest BCUT2D eigenvalue weighted by Crippen LogP contribution is 2.25. The first-order valence-corrected chi connectivity index (χ1v) is 6.82. The topological polar surface area (TPSA) is 79.3 Å². The second-order valence-corrected chi connectivity index (χ2v) is 5.43. The van der Waals surface area contributed by atoms with Crippen LogP contribution in [-0.2, 0) is 0 Å². The van der Waals surface area contributed by atoms with Crippen LogP contribution in [0.15, 0.2) is 28.7 Å². The average Bonchev–Trinajstić information content (AvgIpc) is 2.70. The number of carbonyl (C=O) groups is 2. The van der Waals surface area contributed by atoms with Crippen molar-refractivity contribution in [3.63, 3.8) is 0 Å². The van der Waals surface area contributed by atoms with Crippen molar-refractivity contribution in [1.82, 2.24) is 4.37 Å². The van der Waals surface area contributed by atoms with E-state index in [-0.39, 0.29) is 16.5 Å². The number of halogens is 1. The normalized spacial score (nSPS) is 10.2. The number of benzene rings is 1. The Morgan fingerprint density at radius 1 is 1.42 bits per heavy atom. The Labute approximate surface area is 121 Å². The molecule has 0 bridgehead atoms. The van der Waals surface area contributed by atoms with Crippen LogP contribution in [0.4, 0.5) is 5.00 Å². The predicted octanol–water partition coefficient (Wildman–Crippen LogP) is 3.16. The number of aromatic nitrogens is 1. The number of rotatable bonds is 3. The average molecular weight is 341 g/mol. The Kier molecular flexibility index (Phi) is 3.96. The third-order valence-electron chi connectivity index (χ3n) is 2.39. The van der Waals surface area contributed by atoms with E-state index >= 15 is 0 Å². The van der Waals surface area contributed by atoms with Gasteiger partial charge in [-0.05, 0) is 36.7 Å². The van der Waals surface area contributed by atoms with Gasteiger partial charge in [-0.2, -0.15) is 4.37 Å². The summed E-state index contributed by atoms with van der Waals surface area (Å²) in [7, 11) is 0. The van der Waals surface area contributed by atoms with Crippen LogP contribution in [0, 0.1) is 6.92 Å². The zero-order valence-corrected chi connectivity index (χ0v) is 12.2. The number of carbonyl (C=O) groups excluding carboxylic acids is 1. The number of carboxylic acids is 1. The number of hydrogen-bond donors (Lipinski definition) is 2. The maximum Gasteiger partial charge on any atom is 0.340 e. The number of nitrogens with one attached hydrogen (secondary N) is 1. The van der Waals surface area contributed by atoms with Gasteiger partial charge in [0.25, 0.3) is 5.91 Å². The number of carboxylic acid groups (broad SMARTS) is 1. The first-order chi connectivity index (χ1) is 8.99. The van der Waals surface area contributed by atoms with Gasteiger partial charge in [0.15, 0.2) is 0 Å². The van der Waals surface area contributed by atoms with Crippen LogP contribution in [0.5, 0.6) is 0 Å². The van der Waals surface area contributed by atoms with Gasteiger partial charge in [0.2, 0.25) is 0 Å². The van der Waals surface area contributed by atoms with E-state index in [0.29, 0.717) is 11.3 Å². The van der Waals surface area contributed by atoms with Crippen molar-refractivity contribution in [1.29, 1.82) is 0 Å². The first kappa shape index (κ1) is 13.7. The molecule has 0 unspecified atom stereocenters. The van der Waals surface area contributed by atoms with Gasteiger partial charge in [0.05, 0.1) is 5.69 Å². The standard InChI is InChI=1S/C12H9BrN2O3S/c1-6-9(12(17)18)11(19-15-6)14-10(16)7-3-2-4-8(13)5-7/h2-5H,1H3,(H,14,16)(H,17,18). The number of anilines is 1. The smallest absolute Gasteiger partial charge is 0.340 e. The second-order valence-electron chi connectivity index (χ2n) is 3.74. The summed E-state index contributed by atoms with van der Waals surface area (Å²) in [5.41, 5.74) is 0.868. The molecule has 7 heteroatoms. The molecule has 0 saturated carbocycles. The summed E-state index contributed by atoms with van der Waals surface area (Å²) < 4.78 is 4.72. The molecule has 1 heterocycles. The molecule has 19 heavy (non-hydrogen) atoms. The third-order valence-corrected chi connectivity index (χ3v) is 3.74. The molecule has 0 spiro atoms. The molecular weight excluding hydrogens is 332 g/mol. The van der Waals surface area contributed by atoms with Crippen molar-refractivity contribution in [3.05, 3.63) is 45.6 Å². The lowest BCUT2D eigenvalue weighted by Crippen LogP contribution is -2.13. The van der Waals surface area contributed by atoms with Crippen LogP contribution in [0.1, 0.15) is 26.4 Å². The molecule has 2 aromatic rings. The number of amides is 1. The molecule has 0 aliphatic heterocycles. The second kappa shape index (κ2) is 5.50. The van der Waals surface area contributed by atoms with Crippen molar-refractivity contribution in [2.45, 2.75) is 6.92 Å². The summed E-state index contributed by atoms with van der Waals surface area (Å²) in [5.74, 6) is -1.47. The van der Waals surface area contributed by atoms with Crippen LogP contribution in [0.2, 0.25) is 0 Å². The molecule has 0 saturated heterocycles. The van der Waals surface area contributed by atoms with Crippen molar-refractivity contribution >= 4 is 44.3 Å². The van der Waals surface area contributed by atoms with Gasteiger partial charge in [-0.1, -0.05) is 22.0 Å². The molecule has 0 aliphatic rings. The molecule has 2 N–H and O–H groups in total. The third kappa shape index (κ3) is 2.99. The van der Waals surface area contributed by atoms with Gasteiger partial charge in [0, 0.05) is 10.0 Å². The van der Waals surface area contributed by atoms with Gasteiger partial charge in [-0.15, -0.1) is 0 Å². The molecular formula is C12H9BrN2O3S. The number of nitrogens with zero attached hydrogens (tertiary/aromatic N) is 1. The zero-order chi connectivity index (χ0) is 14.0. The quantitative estimate of drug-likeness (QED) is 0.899. The molecule has 0 fully saturated rings. The van der Waals surface area contributed by atoms with E-state index in [0.717, 1.165) is 16.0 Å². The lowest BCUT2D eigenvalue weighted by atomic mass is 10.2. The highest BCUT2D eigenvalue weighted by molar-refractivity contribution is 9.10. The van der Waals surface area contributed by atoms with Crippen LogP contribution >= 0.6 is 27.5 Å². The van der Waals surface area contributed by atoms with E-state index < -0.39 is 5.97 Å². The Morgan fingerprint density at radius 2 is 2.16 bits per heavy atom. The zero-order valence-electron chi connectivity index (χ0n) is 9.81. The summed E-state index contributed by atoms with van der Waals surface area (Å²) in [6.45, 7) is 1.59. The van der Waals surface area contributed by atoms with Gasteiger partial charge >= 0.3 is 5.97 Å². The number of aromatic carboxylic acids is 1. The van der Waals surface area contributed by atoms with E-state index in [4.69, 9.17) is 5.11 Å². The van der Waals surface area contributed by atoms with Gasteiger partial charge in [-0.25, -0.2) is 4.79 Å². The monoisotopic (exact) mass is 340 g/mol. The van der Waals surface area contributed by atoms with Crippen molar-refractivity contribution in [2.24, 2.45) is 0 Å². The first-order valence-electron chi connectivity index (χ1n) is 5.25. The minimum Gasteiger partial charge on any atom is -0.478 e. The van der Waals surface area contributed by atoms with Gasteiger partial charge in [-0.3, -0.25) is 4.79 Å². The van der Waals surface area contributed by atoms with Gasteiger partial charge < -0.3 is 10.4 Å². The molecule has 1 amide bonds. The van der Waals surface area contributed by atoms with E-state index in [9.17, 15) is 9.59 Å². The molecule has 98 valence electrons. The van der Waals surface area contributed by atoms with Gasteiger partial charge in [0.1, 0.15) is 10.6 Å². The van der Waals surface area contributed by atoms with E-state index in [2.05, 4.69) is 25.6 Å². The maximum absolute atomic E-state index is 12.0. The highest BCUT2D eigenvalue weighted by Gasteiger charge is 2.19. The Balaban J connectivity index is 2.27. The molecule has 1 aromatic carbocycles. The molecule has 1 aromatic heterocycles. The molecule has 2 rings (SSSR count). The Morgan fingerprint density at radius 3 is 2.79 bits per heavy atom. The summed E-state index contributed by atoms with van der Waals surface area (Å²) in [5, 5.41) is 11.9. The predicted molar refractivity (Wildman–Crippen MR) is 75.9 cm³/mol. The molecule has 0 aliphatic carbocycles. The maximum atomic E-state index is 12.0. The molecule has 5 nitrogen and oxygen atoms in total. The molecule has 0 atom stereocenters. The SMILES string of the molecule is Cc1nsc(NC(=O)c2cccc(Br)c2)c1C(=O)O. The number of hydrogen-bond acceptors (Lipinski definition) is 4. The largest absolute Gasteiger partial charge is 0.478 e. The van der Waals surface area contributed by atoms with E-state index in [1.54, 1.807) is 31.2 Å². The van der Waals surface area contributed by atoms with E-state index in [1.165, 1.54) is 0 Å². The fourth-order valence-corrected chi connectivity index (χ4v) is 2.70. The van der Waals surface area contributed by atoms with Crippen molar-refractivity contribution in [2.75, 3.05) is 5.32 Å². The van der Waals surface area contributed by atoms with E-state index in [1.807, 2.05) is 0 Å².